The fourth-order valence-electron chi connectivity index (χ4n) is 0.975. The molecule has 0 fully saturated rings. The molecule has 0 aliphatic rings. The number of alkyl halides is 2. The Morgan fingerprint density at radius 3 is 2.64 bits per heavy atom. The van der Waals surface area contributed by atoms with Crippen molar-refractivity contribution in [3.63, 3.8) is 0 Å². The van der Waals surface area contributed by atoms with Gasteiger partial charge < -0.3 is 0 Å². The predicted octanol–water partition coefficient (Wildman–Crippen LogP) is 1.72. The molecule has 1 rings (SSSR count). The quantitative estimate of drug-likeness (QED) is 0.642. The minimum absolute atomic E-state index is 0.0208. The van der Waals surface area contributed by atoms with Crippen molar-refractivity contribution in [3.05, 3.63) is 17.5 Å². The maximum atomic E-state index is 12.2. The highest BCUT2D eigenvalue weighted by Gasteiger charge is 2.16. The molecule has 0 atom stereocenters. The molecule has 0 bridgehead atoms. The Morgan fingerprint density at radius 1 is 1.64 bits per heavy atom. The molecule has 0 aliphatic carbocycles. The standard InChI is InChI=1S/C7H9F2N2/c1-3-5-4-10-11(2)6(5)7(8)9/h7H,3H2,1-2H3. The summed E-state index contributed by atoms with van der Waals surface area (Å²) < 4.78 is 25.6. The molecule has 0 saturated heterocycles. The molecule has 4 heteroatoms. The molecule has 1 aromatic heterocycles. The van der Waals surface area contributed by atoms with E-state index in [0.717, 1.165) is 0 Å². The molecule has 1 heterocycles. The van der Waals surface area contributed by atoms with Gasteiger partial charge in [0.05, 0.1) is 0 Å². The van der Waals surface area contributed by atoms with E-state index in [-0.39, 0.29) is 5.69 Å². The molecular formula is C7H9F2N2. The van der Waals surface area contributed by atoms with Gasteiger partial charge in [-0.05, 0) is 6.42 Å². The van der Waals surface area contributed by atoms with Gasteiger partial charge in [0.25, 0.3) is 6.43 Å². The third-order valence-electron chi connectivity index (χ3n) is 1.55. The van der Waals surface area contributed by atoms with E-state index >= 15 is 0 Å². The molecule has 0 aromatic carbocycles. The molecule has 61 valence electrons. The third-order valence-corrected chi connectivity index (χ3v) is 1.55. The number of halogens is 2. The summed E-state index contributed by atoms with van der Waals surface area (Å²) in [7, 11) is 1.50. The van der Waals surface area contributed by atoms with Gasteiger partial charge in [-0.15, -0.1) is 0 Å². The first-order valence-corrected chi connectivity index (χ1v) is 3.38. The fourth-order valence-corrected chi connectivity index (χ4v) is 0.975. The van der Waals surface area contributed by atoms with Crippen LogP contribution in [-0.2, 0) is 13.5 Å². The lowest BCUT2D eigenvalue weighted by Gasteiger charge is -2.01. The first kappa shape index (κ1) is 8.17. The Balaban J connectivity index is 3.07. The van der Waals surface area contributed by atoms with E-state index < -0.39 is 6.43 Å². The highest BCUT2D eigenvalue weighted by Crippen LogP contribution is 2.21. The van der Waals surface area contributed by atoms with Crippen molar-refractivity contribution in [1.29, 1.82) is 0 Å². The van der Waals surface area contributed by atoms with E-state index in [1.54, 1.807) is 6.92 Å². The summed E-state index contributed by atoms with van der Waals surface area (Å²) in [5.41, 5.74) is 0.481. The van der Waals surface area contributed by atoms with Gasteiger partial charge >= 0.3 is 0 Å². The zero-order valence-electron chi connectivity index (χ0n) is 6.43. The number of hydrogen-bond acceptors (Lipinski definition) is 1. The monoisotopic (exact) mass is 159 g/mol. The average Bonchev–Trinajstić information content (AvgIpc) is 2.30. The highest BCUT2D eigenvalue weighted by molar-refractivity contribution is 5.17. The van der Waals surface area contributed by atoms with Gasteiger partial charge in [-0.1, -0.05) is 6.92 Å². The first-order valence-electron chi connectivity index (χ1n) is 3.38. The van der Waals surface area contributed by atoms with Gasteiger partial charge in [0, 0.05) is 12.6 Å². The minimum Gasteiger partial charge on any atom is -0.266 e. The highest BCUT2D eigenvalue weighted by atomic mass is 19.3. The number of nitrogens with zero attached hydrogens (tertiary/aromatic N) is 2. The third kappa shape index (κ3) is 1.39. The van der Waals surface area contributed by atoms with E-state index in [0.29, 0.717) is 12.0 Å². The Kier molecular flexibility index (Phi) is 2.22. The molecular weight excluding hydrogens is 150 g/mol. The first-order chi connectivity index (χ1) is 5.16. The summed E-state index contributed by atoms with van der Waals surface area (Å²) in [5.74, 6) is 0. The summed E-state index contributed by atoms with van der Waals surface area (Å²) in [6.07, 6.45) is 0.637. The van der Waals surface area contributed by atoms with Crippen molar-refractivity contribution in [3.8, 4) is 0 Å². The molecule has 11 heavy (non-hydrogen) atoms. The second-order valence-electron chi connectivity index (χ2n) is 2.25. The summed E-state index contributed by atoms with van der Waals surface area (Å²) in [4.78, 5) is 0. The van der Waals surface area contributed by atoms with Gasteiger partial charge in [-0.3, -0.25) is 4.68 Å². The van der Waals surface area contributed by atoms with Crippen molar-refractivity contribution < 1.29 is 8.78 Å². The number of rotatable bonds is 2. The number of hydrogen-bond donors (Lipinski definition) is 0. The van der Waals surface area contributed by atoms with Gasteiger partial charge in [0.2, 0.25) is 0 Å². The van der Waals surface area contributed by atoms with Gasteiger partial charge in [-0.25, -0.2) is 8.78 Å². The van der Waals surface area contributed by atoms with E-state index in [9.17, 15) is 8.78 Å². The van der Waals surface area contributed by atoms with Crippen LogP contribution in [0.25, 0.3) is 0 Å². The fraction of sp³-hybridized carbons (Fsp3) is 0.571. The Morgan fingerprint density at radius 2 is 2.27 bits per heavy atom. The van der Waals surface area contributed by atoms with Crippen molar-refractivity contribution in [2.45, 2.75) is 19.8 Å². The normalized spacial score (nSPS) is 11.0. The maximum absolute atomic E-state index is 12.2. The van der Waals surface area contributed by atoms with Crippen LogP contribution in [0.3, 0.4) is 0 Å². The summed E-state index contributed by atoms with van der Waals surface area (Å²) in [6, 6.07) is 0. The molecule has 0 amide bonds. The molecule has 0 spiro atoms. The SMILES string of the molecule is CCc1[c]nn(C)c1C(F)F. The van der Waals surface area contributed by atoms with Crippen LogP contribution in [0.15, 0.2) is 0 Å². The smallest absolute Gasteiger partial charge is 0.266 e. The van der Waals surface area contributed by atoms with Crippen molar-refractivity contribution in [2.24, 2.45) is 7.05 Å². The molecule has 0 unspecified atom stereocenters. The number of aryl methyl sites for hydroxylation is 2. The zero-order chi connectivity index (χ0) is 8.43. The van der Waals surface area contributed by atoms with Crippen LogP contribution in [0.4, 0.5) is 8.78 Å². The van der Waals surface area contributed by atoms with Crippen LogP contribution in [0, 0.1) is 6.20 Å². The molecule has 1 aromatic rings. The predicted molar refractivity (Wildman–Crippen MR) is 36.4 cm³/mol. The molecule has 2 nitrogen and oxygen atoms in total. The second-order valence-corrected chi connectivity index (χ2v) is 2.25. The topological polar surface area (TPSA) is 17.8 Å². The Labute approximate surface area is 63.8 Å². The summed E-state index contributed by atoms with van der Waals surface area (Å²) in [5, 5.41) is 3.62. The van der Waals surface area contributed by atoms with Gasteiger partial charge in [0.15, 0.2) is 0 Å². The molecule has 0 saturated carbocycles. The lowest BCUT2D eigenvalue weighted by atomic mass is 10.2. The van der Waals surface area contributed by atoms with Crippen molar-refractivity contribution >= 4 is 0 Å². The molecule has 0 aliphatic heterocycles. The zero-order valence-corrected chi connectivity index (χ0v) is 6.43. The molecule has 1 radical (unpaired) electrons. The Hall–Kier alpha value is -0.930. The average molecular weight is 159 g/mol. The second kappa shape index (κ2) is 2.98. The molecule has 0 N–H and O–H groups in total. The van der Waals surface area contributed by atoms with Crippen LogP contribution in [0.2, 0.25) is 0 Å². The summed E-state index contributed by atoms with van der Waals surface area (Å²) in [6.45, 7) is 1.80. The van der Waals surface area contributed by atoms with E-state index in [1.165, 1.54) is 11.7 Å². The van der Waals surface area contributed by atoms with E-state index in [1.807, 2.05) is 0 Å². The van der Waals surface area contributed by atoms with Crippen LogP contribution in [-0.4, -0.2) is 9.78 Å². The Bertz CT molecular complexity index is 243. The van der Waals surface area contributed by atoms with Crippen LogP contribution in [0.5, 0.6) is 0 Å². The largest absolute Gasteiger partial charge is 0.280 e. The van der Waals surface area contributed by atoms with Crippen LogP contribution >= 0.6 is 0 Å². The minimum atomic E-state index is -2.45. The van der Waals surface area contributed by atoms with Crippen LogP contribution in [0.1, 0.15) is 24.6 Å². The number of aromatic nitrogens is 2. The van der Waals surface area contributed by atoms with Crippen molar-refractivity contribution in [1.82, 2.24) is 9.78 Å². The van der Waals surface area contributed by atoms with Gasteiger partial charge in [-0.2, -0.15) is 5.10 Å². The lowest BCUT2D eigenvalue weighted by Crippen LogP contribution is -2.00. The maximum Gasteiger partial charge on any atom is 0.280 e. The van der Waals surface area contributed by atoms with E-state index in [2.05, 4.69) is 11.3 Å². The van der Waals surface area contributed by atoms with Crippen LogP contribution < -0.4 is 0 Å². The van der Waals surface area contributed by atoms with Crippen molar-refractivity contribution in [2.75, 3.05) is 0 Å². The van der Waals surface area contributed by atoms with Gasteiger partial charge in [0.1, 0.15) is 11.9 Å². The lowest BCUT2D eigenvalue weighted by molar-refractivity contribution is 0.139. The van der Waals surface area contributed by atoms with E-state index in [4.69, 9.17) is 0 Å². The summed E-state index contributed by atoms with van der Waals surface area (Å²) >= 11 is 0.